The number of aromatic nitrogens is 6. The maximum Gasteiger partial charge on any atom is 0.262 e. The normalized spacial score (nSPS) is 11.2. The number of hydrogen-bond acceptors (Lipinski definition) is 6. The Kier molecular flexibility index (Phi) is 5.51. The molecule has 8 heteroatoms. The SMILES string of the molecule is CCSc1nc2ccccc2c(=O)n1Cc1ccc(-c2ccccc2-c2nnn[nH]2)cc1. The predicted molar refractivity (Wildman–Crippen MR) is 127 cm³/mol. The van der Waals surface area contributed by atoms with E-state index in [1.807, 2.05) is 60.7 Å². The van der Waals surface area contributed by atoms with Crippen molar-refractivity contribution in [2.75, 3.05) is 5.75 Å². The lowest BCUT2D eigenvalue weighted by Crippen LogP contribution is -2.24. The molecule has 0 fully saturated rings. The van der Waals surface area contributed by atoms with Crippen LogP contribution in [0.25, 0.3) is 33.4 Å². The molecule has 0 spiro atoms. The first-order chi connectivity index (χ1) is 15.7. The van der Waals surface area contributed by atoms with E-state index < -0.39 is 0 Å². The van der Waals surface area contributed by atoms with E-state index in [4.69, 9.17) is 4.98 Å². The highest BCUT2D eigenvalue weighted by molar-refractivity contribution is 7.99. The van der Waals surface area contributed by atoms with Crippen molar-refractivity contribution in [3.63, 3.8) is 0 Å². The first kappa shape index (κ1) is 20.1. The number of nitrogens with zero attached hydrogens (tertiary/aromatic N) is 5. The van der Waals surface area contributed by atoms with E-state index in [2.05, 4.69) is 39.7 Å². The van der Waals surface area contributed by atoms with Gasteiger partial charge in [0.05, 0.1) is 17.4 Å². The van der Waals surface area contributed by atoms with Crippen molar-refractivity contribution in [2.45, 2.75) is 18.6 Å². The van der Waals surface area contributed by atoms with Gasteiger partial charge in [-0.1, -0.05) is 79.3 Å². The zero-order valence-electron chi connectivity index (χ0n) is 17.4. The molecule has 0 bridgehead atoms. The molecule has 0 aliphatic rings. The van der Waals surface area contributed by atoms with E-state index in [1.54, 1.807) is 16.3 Å². The summed E-state index contributed by atoms with van der Waals surface area (Å²) in [6, 6.07) is 23.7. The van der Waals surface area contributed by atoms with Gasteiger partial charge in [0.15, 0.2) is 11.0 Å². The summed E-state index contributed by atoms with van der Waals surface area (Å²) in [5.74, 6) is 1.47. The molecule has 0 radical (unpaired) electrons. The third-order valence-corrected chi connectivity index (χ3v) is 6.09. The molecular formula is C24H20N6OS. The number of H-pyrrole nitrogens is 1. The molecule has 0 atom stereocenters. The first-order valence-electron chi connectivity index (χ1n) is 10.3. The highest BCUT2D eigenvalue weighted by Crippen LogP contribution is 2.30. The second-order valence-electron chi connectivity index (χ2n) is 7.23. The summed E-state index contributed by atoms with van der Waals surface area (Å²) < 4.78 is 1.76. The van der Waals surface area contributed by atoms with Crippen LogP contribution < -0.4 is 5.56 Å². The number of fused-ring (bicyclic) bond motifs is 1. The molecule has 2 aromatic heterocycles. The van der Waals surface area contributed by atoms with Gasteiger partial charge >= 0.3 is 0 Å². The summed E-state index contributed by atoms with van der Waals surface area (Å²) in [6.07, 6.45) is 0. The van der Waals surface area contributed by atoms with Crippen molar-refractivity contribution in [1.29, 1.82) is 0 Å². The van der Waals surface area contributed by atoms with Gasteiger partial charge in [-0.05, 0) is 45.0 Å². The molecule has 0 saturated carbocycles. The van der Waals surface area contributed by atoms with E-state index in [9.17, 15) is 4.79 Å². The number of benzene rings is 3. The molecule has 0 saturated heterocycles. The maximum absolute atomic E-state index is 13.2. The van der Waals surface area contributed by atoms with Crippen molar-refractivity contribution in [3.8, 4) is 22.5 Å². The van der Waals surface area contributed by atoms with Gasteiger partial charge in [-0.3, -0.25) is 9.36 Å². The fourth-order valence-corrected chi connectivity index (χ4v) is 4.44. The van der Waals surface area contributed by atoms with Gasteiger partial charge < -0.3 is 0 Å². The summed E-state index contributed by atoms with van der Waals surface area (Å²) in [5.41, 5.74) is 4.76. The van der Waals surface area contributed by atoms with Gasteiger partial charge in [-0.25, -0.2) is 10.1 Å². The minimum atomic E-state index is -0.0150. The van der Waals surface area contributed by atoms with E-state index in [-0.39, 0.29) is 5.56 Å². The van der Waals surface area contributed by atoms with Crippen LogP contribution in [0.3, 0.4) is 0 Å². The monoisotopic (exact) mass is 440 g/mol. The number of para-hydroxylation sites is 1. The Hall–Kier alpha value is -3.78. The Morgan fingerprint density at radius 3 is 2.44 bits per heavy atom. The van der Waals surface area contributed by atoms with Crippen molar-refractivity contribution in [2.24, 2.45) is 0 Å². The molecule has 5 aromatic rings. The lowest BCUT2D eigenvalue weighted by Gasteiger charge is -2.13. The van der Waals surface area contributed by atoms with Crippen LogP contribution in [-0.4, -0.2) is 35.9 Å². The summed E-state index contributed by atoms with van der Waals surface area (Å²) in [5, 5.41) is 15.6. The minimum absolute atomic E-state index is 0.0150. The molecule has 3 aromatic carbocycles. The molecule has 158 valence electrons. The van der Waals surface area contributed by atoms with E-state index in [0.29, 0.717) is 17.8 Å². The topological polar surface area (TPSA) is 89.3 Å². The van der Waals surface area contributed by atoms with Crippen molar-refractivity contribution in [3.05, 3.63) is 88.7 Å². The Morgan fingerprint density at radius 2 is 1.69 bits per heavy atom. The van der Waals surface area contributed by atoms with Crippen molar-refractivity contribution < 1.29 is 0 Å². The fraction of sp³-hybridized carbons (Fsp3) is 0.125. The van der Waals surface area contributed by atoms with Crippen LogP contribution >= 0.6 is 11.8 Å². The summed E-state index contributed by atoms with van der Waals surface area (Å²) in [4.78, 5) is 17.9. The standard InChI is InChI=1S/C24H20N6OS/c1-2-32-24-25-21-10-6-5-9-20(21)23(31)30(24)15-16-11-13-17(14-12-16)18-7-3-4-8-19(18)22-26-28-29-27-22/h3-14H,2,15H2,1H3,(H,26,27,28,29). The van der Waals surface area contributed by atoms with E-state index in [0.717, 1.165) is 38.7 Å². The molecule has 0 aliphatic heterocycles. The maximum atomic E-state index is 13.2. The second-order valence-corrected chi connectivity index (χ2v) is 8.46. The number of thioether (sulfide) groups is 1. The van der Waals surface area contributed by atoms with Gasteiger partial charge in [0.25, 0.3) is 5.56 Å². The van der Waals surface area contributed by atoms with Crippen LogP contribution in [0, 0.1) is 0 Å². The van der Waals surface area contributed by atoms with Crippen LogP contribution in [-0.2, 0) is 6.54 Å². The Labute approximate surface area is 188 Å². The summed E-state index contributed by atoms with van der Waals surface area (Å²) in [7, 11) is 0. The zero-order chi connectivity index (χ0) is 21.9. The third kappa shape index (κ3) is 3.80. The Bertz CT molecular complexity index is 1430. The molecule has 0 amide bonds. The van der Waals surface area contributed by atoms with Gasteiger partial charge in [0.2, 0.25) is 0 Å². The largest absolute Gasteiger partial charge is 0.283 e. The van der Waals surface area contributed by atoms with Crippen LogP contribution in [0.4, 0.5) is 0 Å². The molecule has 0 aliphatic carbocycles. The average Bonchev–Trinajstić information content (AvgIpc) is 3.37. The molecule has 32 heavy (non-hydrogen) atoms. The third-order valence-electron chi connectivity index (χ3n) is 5.23. The number of rotatable bonds is 6. The number of aromatic amines is 1. The van der Waals surface area contributed by atoms with Crippen molar-refractivity contribution >= 4 is 22.7 Å². The van der Waals surface area contributed by atoms with Crippen molar-refractivity contribution in [1.82, 2.24) is 30.2 Å². The lowest BCUT2D eigenvalue weighted by atomic mass is 9.98. The van der Waals surface area contributed by atoms with E-state index in [1.165, 1.54) is 0 Å². The molecule has 7 nitrogen and oxygen atoms in total. The number of nitrogens with one attached hydrogen (secondary N) is 1. The van der Waals surface area contributed by atoms with Gasteiger partial charge in [0.1, 0.15) is 0 Å². The number of hydrogen-bond donors (Lipinski definition) is 1. The average molecular weight is 441 g/mol. The van der Waals surface area contributed by atoms with Crippen LogP contribution in [0.1, 0.15) is 12.5 Å². The highest BCUT2D eigenvalue weighted by atomic mass is 32.2. The predicted octanol–water partition coefficient (Wildman–Crippen LogP) is 4.40. The van der Waals surface area contributed by atoms with Crippen LogP contribution in [0.5, 0.6) is 0 Å². The summed E-state index contributed by atoms with van der Waals surface area (Å²) in [6.45, 7) is 2.53. The Morgan fingerprint density at radius 1 is 0.938 bits per heavy atom. The smallest absolute Gasteiger partial charge is 0.262 e. The van der Waals surface area contributed by atoms with Gasteiger partial charge in [-0.2, -0.15) is 0 Å². The zero-order valence-corrected chi connectivity index (χ0v) is 18.2. The Balaban J connectivity index is 1.51. The molecule has 1 N–H and O–H groups in total. The second kappa shape index (κ2) is 8.76. The molecule has 0 unspecified atom stereocenters. The van der Waals surface area contributed by atoms with Gasteiger partial charge in [0, 0.05) is 5.56 Å². The van der Waals surface area contributed by atoms with E-state index >= 15 is 0 Å². The minimum Gasteiger partial charge on any atom is -0.283 e. The fourth-order valence-electron chi connectivity index (χ4n) is 3.71. The number of tetrazole rings is 1. The quantitative estimate of drug-likeness (QED) is 0.311. The summed E-state index contributed by atoms with van der Waals surface area (Å²) >= 11 is 1.58. The molecule has 5 rings (SSSR count). The highest BCUT2D eigenvalue weighted by Gasteiger charge is 2.13. The molecule has 2 heterocycles. The van der Waals surface area contributed by atoms with Crippen LogP contribution in [0.2, 0.25) is 0 Å². The van der Waals surface area contributed by atoms with Crippen LogP contribution in [0.15, 0.2) is 82.7 Å². The van der Waals surface area contributed by atoms with Gasteiger partial charge in [-0.15, -0.1) is 5.10 Å². The lowest BCUT2D eigenvalue weighted by molar-refractivity contribution is 0.658. The molecular weight excluding hydrogens is 420 g/mol. The first-order valence-corrected chi connectivity index (χ1v) is 11.3.